The molecule has 150 valence electrons. The normalized spacial score (nSPS) is 10.8. The quantitative estimate of drug-likeness (QED) is 0.425. The van der Waals surface area contributed by atoms with Crippen LogP contribution in [0, 0.1) is 17.0 Å². The highest BCUT2D eigenvalue weighted by molar-refractivity contribution is 6.03. The van der Waals surface area contributed by atoms with Gasteiger partial charge in [0.05, 0.1) is 4.92 Å². The van der Waals surface area contributed by atoms with Gasteiger partial charge in [0.1, 0.15) is 23.8 Å². The first-order chi connectivity index (χ1) is 13.8. The summed E-state index contributed by atoms with van der Waals surface area (Å²) in [7, 11) is 0. The lowest BCUT2D eigenvalue weighted by Gasteiger charge is -2.08. The maximum atomic E-state index is 12.4. The molecule has 29 heavy (non-hydrogen) atoms. The summed E-state index contributed by atoms with van der Waals surface area (Å²) in [4.78, 5) is 23.0. The van der Waals surface area contributed by atoms with Gasteiger partial charge in [0.25, 0.3) is 11.6 Å². The first-order valence-electron chi connectivity index (χ1n) is 9.21. The number of carbonyl (C=O) groups is 1. The molecular formula is C22H22N2O5. The van der Waals surface area contributed by atoms with Gasteiger partial charge in [-0.25, -0.2) is 0 Å². The number of amides is 1. The van der Waals surface area contributed by atoms with Crippen LogP contribution in [0.15, 0.2) is 59.0 Å². The number of aryl methyl sites for hydroxylation is 1. The maximum Gasteiger partial charge on any atom is 0.293 e. The highest BCUT2D eigenvalue weighted by Gasteiger charge is 2.19. The number of furan rings is 1. The molecule has 3 rings (SSSR count). The number of nitro benzene ring substituents is 1. The molecule has 0 fully saturated rings. The van der Waals surface area contributed by atoms with Gasteiger partial charge in [-0.15, -0.1) is 0 Å². The van der Waals surface area contributed by atoms with Crippen LogP contribution in [0.3, 0.4) is 0 Å². The van der Waals surface area contributed by atoms with Crippen molar-refractivity contribution in [3.63, 3.8) is 0 Å². The summed E-state index contributed by atoms with van der Waals surface area (Å²) < 4.78 is 11.2. The Morgan fingerprint density at radius 2 is 1.86 bits per heavy atom. The molecule has 0 radical (unpaired) electrons. The molecule has 7 heteroatoms. The van der Waals surface area contributed by atoms with Crippen molar-refractivity contribution in [3.8, 4) is 5.75 Å². The van der Waals surface area contributed by atoms with Crippen molar-refractivity contribution in [2.75, 3.05) is 5.32 Å². The number of hydrogen-bond donors (Lipinski definition) is 1. The monoisotopic (exact) mass is 394 g/mol. The zero-order valence-electron chi connectivity index (χ0n) is 16.5. The molecular weight excluding hydrogens is 372 g/mol. The lowest BCUT2D eigenvalue weighted by molar-refractivity contribution is -0.384. The predicted octanol–water partition coefficient (Wildman–Crippen LogP) is 5.45. The Bertz CT molecular complexity index is 1020. The Kier molecular flexibility index (Phi) is 5.97. The smallest absolute Gasteiger partial charge is 0.293 e. The van der Waals surface area contributed by atoms with Crippen molar-refractivity contribution < 1.29 is 18.9 Å². The van der Waals surface area contributed by atoms with Gasteiger partial charge in [-0.1, -0.05) is 32.0 Å². The molecule has 1 aromatic heterocycles. The van der Waals surface area contributed by atoms with Crippen molar-refractivity contribution in [1.82, 2.24) is 0 Å². The summed E-state index contributed by atoms with van der Waals surface area (Å²) in [6, 6.07) is 15.5. The SMILES string of the molecule is Cc1ccc(NC(=O)c2ccc(COc3ccc(C(C)C)cc3)o2)c([N+](=O)[O-])c1. The van der Waals surface area contributed by atoms with Gasteiger partial charge in [0.15, 0.2) is 5.76 Å². The van der Waals surface area contributed by atoms with E-state index in [1.807, 2.05) is 24.3 Å². The van der Waals surface area contributed by atoms with Crippen molar-refractivity contribution in [2.45, 2.75) is 33.3 Å². The van der Waals surface area contributed by atoms with E-state index < -0.39 is 10.8 Å². The fraction of sp³-hybridized carbons (Fsp3) is 0.227. The lowest BCUT2D eigenvalue weighted by atomic mass is 10.0. The van der Waals surface area contributed by atoms with Crippen molar-refractivity contribution >= 4 is 17.3 Å². The molecule has 1 heterocycles. The largest absolute Gasteiger partial charge is 0.486 e. The molecule has 0 aliphatic heterocycles. The minimum atomic E-state index is -0.565. The summed E-state index contributed by atoms with van der Waals surface area (Å²) in [5.74, 6) is 1.10. The van der Waals surface area contributed by atoms with E-state index in [9.17, 15) is 14.9 Å². The number of hydrogen-bond acceptors (Lipinski definition) is 5. The number of nitro groups is 1. The summed E-state index contributed by atoms with van der Waals surface area (Å²) >= 11 is 0. The average molecular weight is 394 g/mol. The van der Waals surface area contributed by atoms with E-state index in [2.05, 4.69) is 19.2 Å². The first kappa shape index (κ1) is 20.1. The Morgan fingerprint density at radius 3 is 2.52 bits per heavy atom. The maximum absolute atomic E-state index is 12.4. The Morgan fingerprint density at radius 1 is 1.14 bits per heavy atom. The molecule has 2 aromatic carbocycles. The van der Waals surface area contributed by atoms with Crippen LogP contribution in [0.5, 0.6) is 5.75 Å². The van der Waals surface area contributed by atoms with Gasteiger partial charge >= 0.3 is 0 Å². The molecule has 1 N–H and O–H groups in total. The molecule has 3 aromatic rings. The Labute approximate surface area is 168 Å². The summed E-state index contributed by atoms with van der Waals surface area (Å²) in [6.45, 7) is 6.15. The number of nitrogens with zero attached hydrogens (tertiary/aromatic N) is 1. The highest BCUT2D eigenvalue weighted by atomic mass is 16.6. The minimum Gasteiger partial charge on any atom is -0.486 e. The number of rotatable bonds is 7. The second-order valence-corrected chi connectivity index (χ2v) is 7.01. The van der Waals surface area contributed by atoms with E-state index in [1.54, 1.807) is 19.1 Å². The van der Waals surface area contributed by atoms with E-state index in [1.165, 1.54) is 23.8 Å². The molecule has 0 bridgehead atoms. The lowest BCUT2D eigenvalue weighted by Crippen LogP contribution is -2.12. The highest BCUT2D eigenvalue weighted by Crippen LogP contribution is 2.26. The van der Waals surface area contributed by atoms with Gasteiger partial charge < -0.3 is 14.5 Å². The van der Waals surface area contributed by atoms with Crippen LogP contribution in [0.2, 0.25) is 0 Å². The number of nitrogens with one attached hydrogen (secondary N) is 1. The second kappa shape index (κ2) is 8.60. The fourth-order valence-corrected chi connectivity index (χ4v) is 2.76. The van der Waals surface area contributed by atoms with Crippen molar-refractivity contribution in [2.24, 2.45) is 0 Å². The number of benzene rings is 2. The molecule has 1 amide bonds. The summed E-state index contributed by atoms with van der Waals surface area (Å²) in [6.07, 6.45) is 0. The van der Waals surface area contributed by atoms with Gasteiger partial charge in [-0.05, 0) is 54.3 Å². The zero-order valence-corrected chi connectivity index (χ0v) is 16.5. The molecule has 7 nitrogen and oxygen atoms in total. The number of carbonyl (C=O) groups excluding carboxylic acids is 1. The van der Waals surface area contributed by atoms with E-state index in [4.69, 9.17) is 9.15 Å². The molecule has 0 saturated heterocycles. The molecule has 0 unspecified atom stereocenters. The zero-order chi connectivity index (χ0) is 21.0. The third-order valence-corrected chi connectivity index (χ3v) is 4.41. The van der Waals surface area contributed by atoms with Crippen LogP contribution in [0.4, 0.5) is 11.4 Å². The summed E-state index contributed by atoms with van der Waals surface area (Å²) in [5.41, 5.74) is 1.90. The van der Waals surface area contributed by atoms with Gasteiger partial charge in [-0.3, -0.25) is 14.9 Å². The van der Waals surface area contributed by atoms with E-state index in [0.717, 1.165) is 5.56 Å². The topological polar surface area (TPSA) is 94.6 Å². The van der Waals surface area contributed by atoms with Crippen LogP contribution in [0.1, 0.15) is 47.2 Å². The fourth-order valence-electron chi connectivity index (χ4n) is 2.76. The van der Waals surface area contributed by atoms with Crippen LogP contribution in [-0.2, 0) is 6.61 Å². The third-order valence-electron chi connectivity index (χ3n) is 4.41. The molecule has 0 aliphatic carbocycles. The summed E-state index contributed by atoms with van der Waals surface area (Å²) in [5, 5.41) is 13.7. The van der Waals surface area contributed by atoms with Gasteiger partial charge in [0.2, 0.25) is 0 Å². The average Bonchev–Trinajstić information content (AvgIpc) is 3.17. The number of ether oxygens (including phenoxy) is 1. The third kappa shape index (κ3) is 5.01. The van der Waals surface area contributed by atoms with E-state index in [-0.39, 0.29) is 23.7 Å². The van der Waals surface area contributed by atoms with Crippen molar-refractivity contribution in [3.05, 3.63) is 87.4 Å². The molecule has 0 spiro atoms. The van der Waals surface area contributed by atoms with Gasteiger partial charge in [-0.2, -0.15) is 0 Å². The second-order valence-electron chi connectivity index (χ2n) is 7.01. The molecule has 0 saturated carbocycles. The van der Waals surface area contributed by atoms with Crippen LogP contribution >= 0.6 is 0 Å². The minimum absolute atomic E-state index is 0.0497. The first-order valence-corrected chi connectivity index (χ1v) is 9.21. The van der Waals surface area contributed by atoms with Crippen molar-refractivity contribution in [1.29, 1.82) is 0 Å². The van der Waals surface area contributed by atoms with E-state index >= 15 is 0 Å². The predicted molar refractivity (Wildman–Crippen MR) is 109 cm³/mol. The van der Waals surface area contributed by atoms with Crippen LogP contribution in [0.25, 0.3) is 0 Å². The standard InChI is InChI=1S/C22H22N2O5/c1-14(2)16-5-7-17(8-6-16)28-13-18-9-11-21(29-18)22(25)23-19-10-4-15(3)12-20(19)24(26)27/h4-12,14H,13H2,1-3H3,(H,23,25). The van der Waals surface area contributed by atoms with Gasteiger partial charge in [0, 0.05) is 6.07 Å². The van der Waals surface area contributed by atoms with Crippen LogP contribution < -0.4 is 10.1 Å². The molecule has 0 aliphatic rings. The van der Waals surface area contributed by atoms with E-state index in [0.29, 0.717) is 17.4 Å². The van der Waals surface area contributed by atoms with Crippen LogP contribution in [-0.4, -0.2) is 10.8 Å². The Balaban J connectivity index is 1.64. The molecule has 0 atom stereocenters. The number of anilines is 1. The Hall–Kier alpha value is -3.61.